The van der Waals surface area contributed by atoms with Crippen LogP contribution in [0.4, 0.5) is 0 Å². The number of carbonyl (C=O) groups is 7. The maximum absolute atomic E-state index is 11.9. The SMILES string of the molecule is C=CC(=C)OCCOCC(COCCOC(=O)C=C)(COCCOC(=O)C=C)COCC(COCCOC(=O)C=C)(COCCOC(=O)C=C)COCC(COCCOC(=O)C=C)(COCCOC(=O)C=C)COCCOC(=O)C=C. The zero-order valence-corrected chi connectivity index (χ0v) is 46.5. The summed E-state index contributed by atoms with van der Waals surface area (Å²) in [6.07, 6.45) is 8.43. The molecule has 0 aromatic rings. The molecule has 0 atom stereocenters. The minimum atomic E-state index is -1.29. The van der Waals surface area contributed by atoms with E-state index in [0.717, 1.165) is 42.5 Å². The Bertz CT molecular complexity index is 1660. The minimum Gasteiger partial charge on any atom is -0.492 e. The van der Waals surface area contributed by atoms with Crippen molar-refractivity contribution in [2.45, 2.75) is 0 Å². The van der Waals surface area contributed by atoms with E-state index in [0.29, 0.717) is 5.76 Å². The number of esters is 7. The number of hydrogen-bond donors (Lipinski definition) is 0. The topological polar surface area (TPSA) is 286 Å². The number of ether oxygens (including phenoxy) is 18. The Hall–Kier alpha value is -6.65. The third-order valence-corrected chi connectivity index (χ3v) is 10.1. The van der Waals surface area contributed by atoms with Crippen molar-refractivity contribution in [2.75, 3.05) is 185 Å². The van der Waals surface area contributed by atoms with E-state index in [1.807, 2.05) is 0 Å². The molecule has 25 heteroatoms. The summed E-state index contributed by atoms with van der Waals surface area (Å²) in [5.41, 5.74) is -3.66. The standard InChI is InChI=1S/C56H82O25/c1-10-46(9)74-26-18-64-34-54(35-65-19-27-75-47(57)11-2,36-66-20-28-76-48(58)12-3)42-72-44-56(40-70-24-32-80-52(62)16-7,41-71-25-33-81-53(63)17-8)45-73-43-55(37-67-21-29-77-49(59)13-4,38-68-22-30-78-50(60)14-5)39-69-23-31-79-51(61)15-6/h10-17H,1-9,18-45H2. The molecule has 81 heavy (non-hydrogen) atoms. The van der Waals surface area contributed by atoms with Crippen molar-refractivity contribution in [3.8, 4) is 0 Å². The molecule has 0 amide bonds. The number of carbonyl (C=O) groups excluding carboxylic acids is 7. The van der Waals surface area contributed by atoms with Gasteiger partial charge in [-0.05, 0) is 6.08 Å². The Morgan fingerprint density at radius 3 is 0.519 bits per heavy atom. The Morgan fingerprint density at radius 2 is 0.370 bits per heavy atom. The first kappa shape index (κ1) is 74.3. The maximum Gasteiger partial charge on any atom is 0.330 e. The number of hydrogen-bond acceptors (Lipinski definition) is 25. The smallest absolute Gasteiger partial charge is 0.330 e. The lowest BCUT2D eigenvalue weighted by molar-refractivity contribution is -0.165. The summed E-state index contributed by atoms with van der Waals surface area (Å²) in [6, 6.07) is 0. The van der Waals surface area contributed by atoms with E-state index in [1.165, 1.54) is 6.08 Å². The van der Waals surface area contributed by atoms with Gasteiger partial charge in [0.05, 0.1) is 148 Å². The molecule has 0 saturated carbocycles. The van der Waals surface area contributed by atoms with Crippen molar-refractivity contribution < 1.29 is 119 Å². The predicted molar refractivity (Wildman–Crippen MR) is 289 cm³/mol. The third-order valence-electron chi connectivity index (χ3n) is 10.1. The van der Waals surface area contributed by atoms with Gasteiger partial charge in [0.25, 0.3) is 0 Å². The molecule has 0 heterocycles. The van der Waals surface area contributed by atoms with Crippen LogP contribution < -0.4 is 0 Å². The first-order chi connectivity index (χ1) is 39.1. The summed E-state index contributed by atoms with van der Waals surface area (Å²) in [4.78, 5) is 83.0. The monoisotopic (exact) mass is 1150 g/mol. The highest BCUT2D eigenvalue weighted by molar-refractivity contribution is 5.83. The third kappa shape index (κ3) is 39.4. The molecule has 0 aliphatic carbocycles. The van der Waals surface area contributed by atoms with E-state index in [1.54, 1.807) is 0 Å². The van der Waals surface area contributed by atoms with Crippen molar-refractivity contribution in [3.05, 3.63) is 114 Å². The molecule has 0 aromatic carbocycles. The summed E-state index contributed by atoms with van der Waals surface area (Å²) in [7, 11) is 0. The molecule has 0 N–H and O–H groups in total. The summed E-state index contributed by atoms with van der Waals surface area (Å²) in [5.74, 6) is -4.40. The summed E-state index contributed by atoms with van der Waals surface area (Å²) in [6.45, 7) is 27.7. The van der Waals surface area contributed by atoms with Crippen molar-refractivity contribution in [3.63, 3.8) is 0 Å². The molecule has 0 saturated heterocycles. The van der Waals surface area contributed by atoms with Crippen molar-refractivity contribution in [1.82, 2.24) is 0 Å². The van der Waals surface area contributed by atoms with E-state index < -0.39 is 58.0 Å². The molecule has 0 radical (unpaired) electrons. The van der Waals surface area contributed by atoms with Crippen LogP contribution >= 0.6 is 0 Å². The minimum absolute atomic E-state index is 0.0631. The average molecular weight is 1160 g/mol. The largest absolute Gasteiger partial charge is 0.492 e. The quantitative estimate of drug-likeness (QED) is 0.0211. The fourth-order valence-electron chi connectivity index (χ4n) is 6.14. The van der Waals surface area contributed by atoms with Crippen molar-refractivity contribution in [1.29, 1.82) is 0 Å². The van der Waals surface area contributed by atoms with Crippen LogP contribution in [-0.4, -0.2) is 227 Å². The molecule has 0 bridgehead atoms. The summed E-state index contributed by atoms with van der Waals surface area (Å²) >= 11 is 0. The van der Waals surface area contributed by atoms with Gasteiger partial charge in [0.15, 0.2) is 0 Å². The predicted octanol–water partition coefficient (Wildman–Crippen LogP) is 2.93. The van der Waals surface area contributed by atoms with E-state index >= 15 is 0 Å². The van der Waals surface area contributed by atoms with E-state index in [-0.39, 0.29) is 185 Å². The lowest BCUT2D eigenvalue weighted by Crippen LogP contribution is -2.48. The van der Waals surface area contributed by atoms with Crippen LogP contribution in [0.25, 0.3) is 0 Å². The van der Waals surface area contributed by atoms with Crippen molar-refractivity contribution in [2.24, 2.45) is 16.2 Å². The zero-order valence-electron chi connectivity index (χ0n) is 46.5. The van der Waals surface area contributed by atoms with Crippen LogP contribution in [0.5, 0.6) is 0 Å². The molecule has 0 fully saturated rings. The van der Waals surface area contributed by atoms with Crippen LogP contribution in [-0.2, 0) is 119 Å². The highest BCUT2D eigenvalue weighted by Gasteiger charge is 2.39. The second-order valence-electron chi connectivity index (χ2n) is 17.0. The molecule has 0 aromatic heterocycles. The van der Waals surface area contributed by atoms with Gasteiger partial charge < -0.3 is 85.3 Å². The maximum atomic E-state index is 11.9. The molecular formula is C56H82O25. The van der Waals surface area contributed by atoms with E-state index in [2.05, 4.69) is 59.2 Å². The van der Waals surface area contributed by atoms with Gasteiger partial charge in [-0.3, -0.25) is 0 Å². The van der Waals surface area contributed by atoms with Crippen LogP contribution in [0.1, 0.15) is 0 Å². The van der Waals surface area contributed by atoms with Gasteiger partial charge in [-0.2, -0.15) is 0 Å². The fourth-order valence-corrected chi connectivity index (χ4v) is 6.14. The normalized spacial score (nSPS) is 11.2. The number of allylic oxidation sites excluding steroid dienone is 1. The van der Waals surface area contributed by atoms with Crippen LogP contribution in [0.2, 0.25) is 0 Å². The van der Waals surface area contributed by atoms with Crippen LogP contribution in [0.15, 0.2) is 114 Å². The van der Waals surface area contributed by atoms with Crippen molar-refractivity contribution >= 4 is 41.8 Å². The average Bonchev–Trinajstić information content (AvgIpc) is 3.51. The Kier molecular flexibility index (Phi) is 44.1. The second-order valence-corrected chi connectivity index (χ2v) is 17.0. The molecule has 25 nitrogen and oxygen atoms in total. The van der Waals surface area contributed by atoms with Gasteiger partial charge >= 0.3 is 41.8 Å². The van der Waals surface area contributed by atoms with Gasteiger partial charge in [-0.15, -0.1) is 0 Å². The molecule has 456 valence electrons. The van der Waals surface area contributed by atoms with Crippen LogP contribution in [0.3, 0.4) is 0 Å². The highest BCUT2D eigenvalue weighted by Crippen LogP contribution is 2.28. The van der Waals surface area contributed by atoms with E-state index in [9.17, 15) is 33.6 Å². The Labute approximate surface area is 474 Å². The summed E-state index contributed by atoms with van der Waals surface area (Å²) in [5, 5.41) is 0. The van der Waals surface area contributed by atoms with Gasteiger partial charge in [-0.1, -0.05) is 59.2 Å². The first-order valence-corrected chi connectivity index (χ1v) is 25.3. The molecule has 0 aliphatic heterocycles. The molecule has 0 spiro atoms. The van der Waals surface area contributed by atoms with E-state index in [4.69, 9.17) is 85.3 Å². The van der Waals surface area contributed by atoms with Gasteiger partial charge in [0.2, 0.25) is 0 Å². The fraction of sp³-hybridized carbons (Fsp3) is 0.554. The molecular weight excluding hydrogens is 1070 g/mol. The van der Waals surface area contributed by atoms with Gasteiger partial charge in [0.1, 0.15) is 58.6 Å². The lowest BCUT2D eigenvalue weighted by atomic mass is 9.89. The van der Waals surface area contributed by atoms with Gasteiger partial charge in [0, 0.05) is 42.5 Å². The van der Waals surface area contributed by atoms with Gasteiger partial charge in [-0.25, -0.2) is 33.6 Å². The second kappa shape index (κ2) is 48.1. The molecule has 0 rings (SSSR count). The lowest BCUT2D eigenvalue weighted by Gasteiger charge is -2.38. The Balaban J connectivity index is 7.50. The molecule has 0 aliphatic rings. The number of rotatable bonds is 57. The molecule has 0 unspecified atom stereocenters. The van der Waals surface area contributed by atoms with Crippen LogP contribution in [0, 0.1) is 16.2 Å². The highest BCUT2D eigenvalue weighted by atomic mass is 16.6. The first-order valence-electron chi connectivity index (χ1n) is 25.3. The Morgan fingerprint density at radius 1 is 0.222 bits per heavy atom. The zero-order chi connectivity index (χ0) is 60.3. The summed E-state index contributed by atoms with van der Waals surface area (Å²) < 4.78 is 103.